The number of aromatic nitrogens is 3. The molecule has 0 amide bonds. The summed E-state index contributed by atoms with van der Waals surface area (Å²) in [6, 6.07) is 2.02. The molecule has 2 aromatic rings. The number of rotatable bonds is 4. The summed E-state index contributed by atoms with van der Waals surface area (Å²) in [6.07, 6.45) is 1.01. The van der Waals surface area contributed by atoms with Crippen LogP contribution in [-0.2, 0) is 0 Å². The highest BCUT2D eigenvalue weighted by Crippen LogP contribution is 2.26. The smallest absolute Gasteiger partial charge is 0.296 e. The van der Waals surface area contributed by atoms with Gasteiger partial charge >= 0.3 is 0 Å². The zero-order valence-electron chi connectivity index (χ0n) is 13.1. The Balaban J connectivity index is 0.00000176. The van der Waals surface area contributed by atoms with E-state index in [2.05, 4.69) is 46.4 Å². The van der Waals surface area contributed by atoms with E-state index < -0.39 is 0 Å². The fraction of sp³-hybridized carbons (Fsp3) is 0.643. The third-order valence-electron chi connectivity index (χ3n) is 4.11. The molecule has 0 spiro atoms. The van der Waals surface area contributed by atoms with Gasteiger partial charge in [-0.15, -0.1) is 12.4 Å². The average Bonchev–Trinajstić information content (AvgIpc) is 3.15. The first kappa shape index (κ1) is 16.9. The molecule has 0 aromatic carbocycles. The van der Waals surface area contributed by atoms with Gasteiger partial charge in [0.15, 0.2) is 5.82 Å². The number of nitrogens with zero attached hydrogens (tertiary/aromatic N) is 4. The molecule has 1 saturated heterocycles. The van der Waals surface area contributed by atoms with Crippen molar-refractivity contribution in [1.82, 2.24) is 25.5 Å². The number of halogens is 1. The predicted molar refractivity (Wildman–Crippen MR) is 84.0 cm³/mol. The lowest BCUT2D eigenvalue weighted by atomic mass is 10.1. The van der Waals surface area contributed by atoms with E-state index in [1.807, 2.05) is 6.07 Å². The van der Waals surface area contributed by atoms with Crippen LogP contribution < -0.4 is 5.32 Å². The van der Waals surface area contributed by atoms with Gasteiger partial charge in [0.25, 0.3) is 5.89 Å². The van der Waals surface area contributed by atoms with Crippen LogP contribution in [0.5, 0.6) is 0 Å². The molecule has 3 heterocycles. The summed E-state index contributed by atoms with van der Waals surface area (Å²) in [4.78, 5) is 6.68. The highest BCUT2D eigenvalue weighted by Gasteiger charge is 2.26. The second kappa shape index (κ2) is 7.21. The normalized spacial score (nSPS) is 20.6. The summed E-state index contributed by atoms with van der Waals surface area (Å²) in [5.41, 5.74) is 0.920. The lowest BCUT2D eigenvalue weighted by Crippen LogP contribution is -2.44. The van der Waals surface area contributed by atoms with Gasteiger partial charge in [0.2, 0.25) is 5.76 Å². The van der Waals surface area contributed by atoms with Crippen molar-refractivity contribution in [3.8, 4) is 11.7 Å². The summed E-state index contributed by atoms with van der Waals surface area (Å²) in [5, 5.41) is 11.5. The van der Waals surface area contributed by atoms with Crippen LogP contribution in [0.2, 0.25) is 0 Å². The Kier molecular flexibility index (Phi) is 5.55. The topological polar surface area (TPSA) is 80.2 Å². The Labute approximate surface area is 135 Å². The quantitative estimate of drug-likeness (QED) is 0.922. The van der Waals surface area contributed by atoms with E-state index in [1.165, 1.54) is 0 Å². The van der Waals surface area contributed by atoms with Crippen LogP contribution in [0.3, 0.4) is 0 Å². The predicted octanol–water partition coefficient (Wildman–Crippen LogP) is 2.24. The van der Waals surface area contributed by atoms with Crippen molar-refractivity contribution in [3.63, 3.8) is 0 Å². The minimum absolute atomic E-state index is 0. The van der Waals surface area contributed by atoms with Gasteiger partial charge in [0.05, 0.1) is 11.7 Å². The second-order valence-electron chi connectivity index (χ2n) is 5.58. The Hall–Kier alpha value is -1.44. The van der Waals surface area contributed by atoms with Gasteiger partial charge in [-0.05, 0) is 13.5 Å². The Morgan fingerprint density at radius 2 is 2.23 bits per heavy atom. The van der Waals surface area contributed by atoms with Crippen LogP contribution in [-0.4, -0.2) is 46.9 Å². The largest absolute Gasteiger partial charge is 0.351 e. The van der Waals surface area contributed by atoms with Gasteiger partial charge in [-0.3, -0.25) is 4.90 Å². The van der Waals surface area contributed by atoms with Crippen LogP contribution in [0.25, 0.3) is 11.7 Å². The fourth-order valence-electron chi connectivity index (χ4n) is 2.40. The van der Waals surface area contributed by atoms with E-state index in [9.17, 15) is 0 Å². The molecule has 1 fully saturated rings. The number of piperazine rings is 1. The summed E-state index contributed by atoms with van der Waals surface area (Å²) >= 11 is 0. The van der Waals surface area contributed by atoms with Gasteiger partial charge in [-0.2, -0.15) is 4.98 Å². The molecule has 2 aromatic heterocycles. The van der Waals surface area contributed by atoms with Gasteiger partial charge in [-0.25, -0.2) is 0 Å². The zero-order chi connectivity index (χ0) is 14.8. The molecule has 1 N–H and O–H groups in total. The minimum Gasteiger partial charge on any atom is -0.351 e. The number of likely N-dealkylation sites (N-methyl/N-ethyl adjacent to an activating group) is 1. The van der Waals surface area contributed by atoms with Crippen molar-refractivity contribution in [1.29, 1.82) is 0 Å². The van der Waals surface area contributed by atoms with Gasteiger partial charge in [0, 0.05) is 31.6 Å². The lowest BCUT2D eigenvalue weighted by Gasteiger charge is -2.30. The molecule has 0 bridgehead atoms. The SMILES string of the molecule is CCC(C)c1cc(-c2nc(C3CNCCN3C)no2)on1.Cl. The van der Waals surface area contributed by atoms with Gasteiger partial charge < -0.3 is 14.4 Å². The molecule has 2 unspecified atom stereocenters. The maximum atomic E-state index is 5.33. The molecule has 22 heavy (non-hydrogen) atoms. The van der Waals surface area contributed by atoms with Crippen molar-refractivity contribution in [2.45, 2.75) is 32.2 Å². The molecule has 1 aliphatic rings. The number of hydrogen-bond donors (Lipinski definition) is 1. The number of hydrogen-bond acceptors (Lipinski definition) is 7. The monoisotopic (exact) mass is 327 g/mol. The standard InChI is InChI=1S/C14H21N5O2.ClH/c1-4-9(2)10-7-12(20-17-10)14-16-13(18-21-14)11-8-15-5-6-19(11)3;/h7,9,11,15H,4-6,8H2,1-3H3;1H. The molecule has 7 nitrogen and oxygen atoms in total. The molecular weight excluding hydrogens is 306 g/mol. The molecule has 2 atom stereocenters. The molecule has 122 valence electrons. The van der Waals surface area contributed by atoms with Gasteiger partial charge in [-0.1, -0.05) is 24.2 Å². The van der Waals surface area contributed by atoms with E-state index >= 15 is 0 Å². The highest BCUT2D eigenvalue weighted by molar-refractivity contribution is 5.85. The summed E-state index contributed by atoms with van der Waals surface area (Å²) < 4.78 is 10.7. The van der Waals surface area contributed by atoms with Crippen LogP contribution in [0.4, 0.5) is 0 Å². The number of nitrogens with one attached hydrogen (secondary N) is 1. The van der Waals surface area contributed by atoms with Gasteiger partial charge in [0.1, 0.15) is 0 Å². The van der Waals surface area contributed by atoms with Crippen molar-refractivity contribution >= 4 is 12.4 Å². The molecule has 1 aliphatic heterocycles. The fourth-order valence-corrected chi connectivity index (χ4v) is 2.40. The van der Waals surface area contributed by atoms with E-state index in [1.54, 1.807) is 0 Å². The van der Waals surface area contributed by atoms with E-state index in [-0.39, 0.29) is 18.4 Å². The van der Waals surface area contributed by atoms with Crippen molar-refractivity contribution in [2.75, 3.05) is 26.7 Å². The van der Waals surface area contributed by atoms with E-state index in [4.69, 9.17) is 9.05 Å². The molecule has 0 aliphatic carbocycles. The molecule has 8 heteroatoms. The molecule has 3 rings (SSSR count). The Morgan fingerprint density at radius 1 is 1.41 bits per heavy atom. The van der Waals surface area contributed by atoms with Crippen molar-refractivity contribution < 1.29 is 9.05 Å². The van der Waals surface area contributed by atoms with Crippen LogP contribution >= 0.6 is 12.4 Å². The van der Waals surface area contributed by atoms with E-state index in [0.29, 0.717) is 23.4 Å². The summed E-state index contributed by atoms with van der Waals surface area (Å²) in [6.45, 7) is 7.01. The molecule has 0 saturated carbocycles. The first-order chi connectivity index (χ1) is 10.2. The summed E-state index contributed by atoms with van der Waals surface area (Å²) in [5.74, 6) is 1.97. The molecular formula is C14H22ClN5O2. The third-order valence-corrected chi connectivity index (χ3v) is 4.11. The Morgan fingerprint density at radius 3 is 2.95 bits per heavy atom. The Bertz CT molecular complexity index is 600. The van der Waals surface area contributed by atoms with Crippen molar-refractivity contribution in [2.24, 2.45) is 0 Å². The van der Waals surface area contributed by atoms with Crippen LogP contribution in [0, 0.1) is 0 Å². The lowest BCUT2D eigenvalue weighted by molar-refractivity contribution is 0.190. The molecule has 0 radical (unpaired) electrons. The minimum atomic E-state index is 0. The van der Waals surface area contributed by atoms with E-state index in [0.717, 1.165) is 31.7 Å². The highest BCUT2D eigenvalue weighted by atomic mass is 35.5. The van der Waals surface area contributed by atoms with Crippen LogP contribution in [0.1, 0.15) is 43.7 Å². The summed E-state index contributed by atoms with van der Waals surface area (Å²) in [7, 11) is 2.07. The maximum Gasteiger partial charge on any atom is 0.296 e. The third kappa shape index (κ3) is 3.31. The maximum absolute atomic E-state index is 5.33. The first-order valence-corrected chi connectivity index (χ1v) is 7.40. The second-order valence-corrected chi connectivity index (χ2v) is 5.58. The zero-order valence-corrected chi connectivity index (χ0v) is 13.9. The first-order valence-electron chi connectivity index (χ1n) is 7.40. The average molecular weight is 328 g/mol. The van der Waals surface area contributed by atoms with Crippen LogP contribution in [0.15, 0.2) is 15.1 Å². The van der Waals surface area contributed by atoms with Crippen molar-refractivity contribution in [3.05, 3.63) is 17.6 Å².